The quantitative estimate of drug-likeness (QED) is 0.473. The molecule has 122 valence electrons. The predicted octanol–water partition coefficient (Wildman–Crippen LogP) is 5.28. The maximum absolute atomic E-state index is 11.9. The number of amides is 1. The maximum atomic E-state index is 11.9. The number of carbonyl (C=O) groups excluding carboxylic acids is 1. The van der Waals surface area contributed by atoms with E-state index >= 15 is 0 Å². The minimum Gasteiger partial charge on any atom is -0.488 e. The van der Waals surface area contributed by atoms with Crippen molar-refractivity contribution in [1.82, 2.24) is 5.32 Å². The molecule has 0 atom stereocenters. The molecule has 0 aliphatic carbocycles. The fourth-order valence-electron chi connectivity index (χ4n) is 2.07. The number of hydrogen-bond acceptors (Lipinski definition) is 4. The summed E-state index contributed by atoms with van der Waals surface area (Å²) in [4.78, 5) is 12.4. The van der Waals surface area contributed by atoms with Crippen molar-refractivity contribution in [2.45, 2.75) is 6.61 Å². The summed E-state index contributed by atoms with van der Waals surface area (Å²) in [6, 6.07) is 13.7. The highest BCUT2D eigenvalue weighted by Crippen LogP contribution is 2.31. The molecule has 0 saturated carbocycles. The number of thiocarbonyl (C=S) groups is 1. The maximum Gasteiger partial charge on any atom is 0.263 e. The standard InChI is InChI=1S/C17H11Br2NO2S2/c18-12-3-1-10(2-4-12)9-22-14-6-5-13(19)7-11(14)8-15-16(21)20-17(23)24-15/h1-8H,9H2,(H,20,21,23). The van der Waals surface area contributed by atoms with Crippen molar-refractivity contribution in [2.75, 3.05) is 0 Å². The van der Waals surface area contributed by atoms with Crippen LogP contribution in [-0.4, -0.2) is 10.2 Å². The van der Waals surface area contributed by atoms with E-state index < -0.39 is 0 Å². The highest BCUT2D eigenvalue weighted by atomic mass is 79.9. The lowest BCUT2D eigenvalue weighted by atomic mass is 10.2. The molecule has 3 nitrogen and oxygen atoms in total. The Balaban J connectivity index is 1.83. The fourth-order valence-corrected chi connectivity index (χ4v) is 3.75. The van der Waals surface area contributed by atoms with E-state index in [0.717, 1.165) is 20.1 Å². The molecule has 0 spiro atoms. The Hall–Kier alpha value is -1.15. The lowest BCUT2D eigenvalue weighted by Gasteiger charge is -2.10. The van der Waals surface area contributed by atoms with Gasteiger partial charge in [0.1, 0.15) is 16.7 Å². The summed E-state index contributed by atoms with van der Waals surface area (Å²) in [5.41, 5.74) is 1.89. The fraction of sp³-hybridized carbons (Fsp3) is 0.0588. The van der Waals surface area contributed by atoms with Gasteiger partial charge in [0.2, 0.25) is 0 Å². The molecule has 1 aliphatic heterocycles. The van der Waals surface area contributed by atoms with Crippen molar-refractivity contribution < 1.29 is 9.53 Å². The number of carbonyl (C=O) groups is 1. The molecular formula is C17H11Br2NO2S2. The van der Waals surface area contributed by atoms with E-state index in [2.05, 4.69) is 37.2 Å². The van der Waals surface area contributed by atoms with E-state index in [9.17, 15) is 4.79 Å². The van der Waals surface area contributed by atoms with Crippen LogP contribution in [0.2, 0.25) is 0 Å². The molecular weight excluding hydrogens is 474 g/mol. The zero-order valence-corrected chi connectivity index (χ0v) is 17.0. The molecule has 0 unspecified atom stereocenters. The Kier molecular flexibility index (Phi) is 5.76. The highest BCUT2D eigenvalue weighted by Gasteiger charge is 2.22. The van der Waals surface area contributed by atoms with Crippen LogP contribution in [0.15, 0.2) is 56.3 Å². The molecule has 2 aromatic rings. The van der Waals surface area contributed by atoms with Gasteiger partial charge in [-0.15, -0.1) is 0 Å². The van der Waals surface area contributed by atoms with Gasteiger partial charge in [-0.1, -0.05) is 68.0 Å². The van der Waals surface area contributed by atoms with Crippen LogP contribution < -0.4 is 10.1 Å². The third-order valence-corrected chi connectivity index (χ3v) is 5.39. The minimum absolute atomic E-state index is 0.177. The smallest absolute Gasteiger partial charge is 0.263 e. The second-order valence-corrected chi connectivity index (χ2v) is 8.50. The van der Waals surface area contributed by atoms with E-state index in [1.54, 1.807) is 6.08 Å². The lowest BCUT2D eigenvalue weighted by Crippen LogP contribution is -2.17. The monoisotopic (exact) mass is 483 g/mol. The normalized spacial score (nSPS) is 15.7. The molecule has 7 heteroatoms. The van der Waals surface area contributed by atoms with Crippen LogP contribution in [0.4, 0.5) is 0 Å². The summed E-state index contributed by atoms with van der Waals surface area (Å²) >= 11 is 13.1. The molecule has 1 aliphatic rings. The summed E-state index contributed by atoms with van der Waals surface area (Å²) < 4.78 is 8.35. The van der Waals surface area contributed by atoms with Crippen molar-refractivity contribution in [3.8, 4) is 5.75 Å². The number of thioether (sulfide) groups is 1. The summed E-state index contributed by atoms with van der Waals surface area (Å²) in [6.07, 6.45) is 1.79. The molecule has 1 heterocycles. The van der Waals surface area contributed by atoms with Gasteiger partial charge in [-0.2, -0.15) is 0 Å². The van der Waals surface area contributed by atoms with Gasteiger partial charge in [0.15, 0.2) is 0 Å². The second kappa shape index (κ2) is 7.82. The molecule has 2 aromatic carbocycles. The first-order valence-corrected chi connectivity index (χ1v) is 9.74. The van der Waals surface area contributed by atoms with E-state index in [0.29, 0.717) is 21.6 Å². The van der Waals surface area contributed by atoms with Crippen LogP contribution in [0.3, 0.4) is 0 Å². The van der Waals surface area contributed by atoms with Gasteiger partial charge in [-0.25, -0.2) is 0 Å². The highest BCUT2D eigenvalue weighted by molar-refractivity contribution is 9.10. The molecule has 0 aromatic heterocycles. The Bertz CT molecular complexity index is 835. The number of benzene rings is 2. The molecule has 0 radical (unpaired) electrons. The number of nitrogens with one attached hydrogen (secondary N) is 1. The van der Waals surface area contributed by atoms with Gasteiger partial charge in [0.25, 0.3) is 5.91 Å². The lowest BCUT2D eigenvalue weighted by molar-refractivity contribution is -0.115. The minimum atomic E-state index is -0.177. The van der Waals surface area contributed by atoms with E-state index in [4.69, 9.17) is 17.0 Å². The average molecular weight is 485 g/mol. The van der Waals surface area contributed by atoms with Gasteiger partial charge in [0, 0.05) is 14.5 Å². The van der Waals surface area contributed by atoms with Gasteiger partial charge in [0.05, 0.1) is 4.91 Å². The Morgan fingerprint density at radius 1 is 1.12 bits per heavy atom. The molecule has 1 N–H and O–H groups in total. The first-order chi connectivity index (χ1) is 11.5. The number of ether oxygens (including phenoxy) is 1. The van der Waals surface area contributed by atoms with Crippen molar-refractivity contribution in [1.29, 1.82) is 0 Å². The van der Waals surface area contributed by atoms with Gasteiger partial charge >= 0.3 is 0 Å². The van der Waals surface area contributed by atoms with E-state index in [-0.39, 0.29) is 5.91 Å². The van der Waals surface area contributed by atoms with Crippen LogP contribution in [-0.2, 0) is 11.4 Å². The largest absolute Gasteiger partial charge is 0.488 e. The number of rotatable bonds is 4. The van der Waals surface area contributed by atoms with Crippen LogP contribution in [0.5, 0.6) is 5.75 Å². The molecule has 1 fully saturated rings. The third kappa shape index (κ3) is 4.47. The Labute approximate surface area is 166 Å². The van der Waals surface area contributed by atoms with Crippen molar-refractivity contribution in [2.24, 2.45) is 0 Å². The molecule has 3 rings (SSSR count). The summed E-state index contributed by atoms with van der Waals surface area (Å²) in [6.45, 7) is 0.447. The van der Waals surface area contributed by atoms with Crippen LogP contribution in [0.1, 0.15) is 11.1 Å². The van der Waals surface area contributed by atoms with Crippen LogP contribution in [0.25, 0.3) is 6.08 Å². The zero-order chi connectivity index (χ0) is 17.1. The molecule has 24 heavy (non-hydrogen) atoms. The zero-order valence-electron chi connectivity index (χ0n) is 12.2. The van der Waals surface area contributed by atoms with Crippen LogP contribution >= 0.6 is 55.8 Å². The SMILES string of the molecule is O=C1NC(=S)SC1=Cc1cc(Br)ccc1OCc1ccc(Br)cc1. The van der Waals surface area contributed by atoms with E-state index in [1.165, 1.54) is 11.8 Å². The van der Waals surface area contributed by atoms with E-state index in [1.807, 2.05) is 42.5 Å². The van der Waals surface area contributed by atoms with Gasteiger partial charge < -0.3 is 10.1 Å². The third-order valence-electron chi connectivity index (χ3n) is 3.21. The average Bonchev–Trinajstić information content (AvgIpc) is 2.86. The number of hydrogen-bond donors (Lipinski definition) is 1. The molecule has 0 bridgehead atoms. The molecule has 1 saturated heterocycles. The van der Waals surface area contributed by atoms with Crippen LogP contribution in [0, 0.1) is 0 Å². The predicted molar refractivity (Wildman–Crippen MR) is 109 cm³/mol. The summed E-state index contributed by atoms with van der Waals surface area (Å²) in [7, 11) is 0. The first-order valence-electron chi connectivity index (χ1n) is 6.93. The van der Waals surface area contributed by atoms with Gasteiger partial charge in [-0.05, 0) is 42.0 Å². The van der Waals surface area contributed by atoms with Gasteiger partial charge in [-0.3, -0.25) is 4.79 Å². The second-order valence-electron chi connectivity index (χ2n) is 4.95. The summed E-state index contributed by atoms with van der Waals surface area (Å²) in [5.74, 6) is 0.531. The topological polar surface area (TPSA) is 38.3 Å². The van der Waals surface area contributed by atoms with Crippen molar-refractivity contribution in [3.63, 3.8) is 0 Å². The summed E-state index contributed by atoms with van der Waals surface area (Å²) in [5, 5.41) is 2.61. The molecule has 1 amide bonds. The Morgan fingerprint density at radius 3 is 2.50 bits per heavy atom. The first kappa shape index (κ1) is 17.7. The van der Waals surface area contributed by atoms with Crippen molar-refractivity contribution in [3.05, 3.63) is 67.4 Å². The Morgan fingerprint density at radius 2 is 1.83 bits per heavy atom. The van der Waals surface area contributed by atoms with Crippen molar-refractivity contribution >= 4 is 72.1 Å². The number of halogens is 2.